The largest absolute Gasteiger partial charge is 0.481 e. The molecule has 2 N–H and O–H groups in total. The Morgan fingerprint density at radius 2 is 2.04 bits per heavy atom. The Kier molecular flexibility index (Phi) is 3.76. The van der Waals surface area contributed by atoms with Crippen molar-refractivity contribution in [2.75, 3.05) is 5.73 Å². The highest BCUT2D eigenvalue weighted by Gasteiger charge is 2.46. The van der Waals surface area contributed by atoms with Gasteiger partial charge in [-0.15, -0.1) is 0 Å². The summed E-state index contributed by atoms with van der Waals surface area (Å²) in [4.78, 5) is 5.37. The molecule has 1 aromatic carbocycles. The van der Waals surface area contributed by atoms with Crippen molar-refractivity contribution in [1.82, 2.24) is 4.98 Å². The first-order valence-corrected chi connectivity index (χ1v) is 9.31. The minimum atomic E-state index is -4.40. The standard InChI is InChI=1S/C18H19F3N2OS/c1-2-10-5-7-17(8-6-10)15-14(23-16(22)25-15)12-4-3-11(18(19,20)21)9-13(12)24-17/h3-4,9-10H,2,5-8H2,1H3,(H2,22,23). The molecular weight excluding hydrogens is 349 g/mol. The lowest BCUT2D eigenvalue weighted by molar-refractivity contribution is -0.137. The lowest BCUT2D eigenvalue weighted by Gasteiger charge is -2.42. The van der Waals surface area contributed by atoms with Crippen LogP contribution in [0.25, 0.3) is 11.3 Å². The molecule has 25 heavy (non-hydrogen) atoms. The van der Waals surface area contributed by atoms with Crippen molar-refractivity contribution in [2.24, 2.45) is 5.92 Å². The summed E-state index contributed by atoms with van der Waals surface area (Å²) in [6.07, 6.45) is 0.297. The highest BCUT2D eigenvalue weighted by atomic mass is 32.1. The van der Waals surface area contributed by atoms with Crippen molar-refractivity contribution in [2.45, 2.75) is 50.8 Å². The molecule has 0 bridgehead atoms. The Morgan fingerprint density at radius 3 is 2.68 bits per heavy atom. The second kappa shape index (κ2) is 5.62. The van der Waals surface area contributed by atoms with Gasteiger partial charge in [-0.3, -0.25) is 0 Å². The van der Waals surface area contributed by atoms with Crippen molar-refractivity contribution in [3.8, 4) is 17.0 Å². The van der Waals surface area contributed by atoms with Crippen LogP contribution in [0, 0.1) is 5.92 Å². The van der Waals surface area contributed by atoms with Gasteiger partial charge < -0.3 is 10.5 Å². The van der Waals surface area contributed by atoms with E-state index in [-0.39, 0.29) is 5.75 Å². The second-order valence-corrected chi connectivity index (χ2v) is 7.92. The smallest absolute Gasteiger partial charge is 0.416 e. The third-order valence-electron chi connectivity index (χ3n) is 5.42. The Labute approximate surface area is 148 Å². The number of alkyl halides is 3. The number of benzene rings is 1. The van der Waals surface area contributed by atoms with Crippen molar-refractivity contribution < 1.29 is 17.9 Å². The number of nitrogen functional groups attached to an aromatic ring is 1. The van der Waals surface area contributed by atoms with Gasteiger partial charge >= 0.3 is 6.18 Å². The Balaban J connectivity index is 1.81. The van der Waals surface area contributed by atoms with Gasteiger partial charge in [0.15, 0.2) is 5.13 Å². The number of nitrogens with zero attached hydrogens (tertiary/aromatic N) is 1. The first kappa shape index (κ1) is 16.7. The van der Waals surface area contributed by atoms with Crippen molar-refractivity contribution in [1.29, 1.82) is 0 Å². The number of anilines is 1. The van der Waals surface area contributed by atoms with E-state index < -0.39 is 17.3 Å². The van der Waals surface area contributed by atoms with Crippen LogP contribution in [0.4, 0.5) is 18.3 Å². The summed E-state index contributed by atoms with van der Waals surface area (Å²) in [5.74, 6) is 0.911. The monoisotopic (exact) mass is 368 g/mol. The predicted octanol–water partition coefficient (Wildman–Crippen LogP) is 5.60. The van der Waals surface area contributed by atoms with Crippen LogP contribution < -0.4 is 10.5 Å². The minimum Gasteiger partial charge on any atom is -0.481 e. The van der Waals surface area contributed by atoms with E-state index in [0.29, 0.717) is 22.3 Å². The Morgan fingerprint density at radius 1 is 1.32 bits per heavy atom. The summed E-state index contributed by atoms with van der Waals surface area (Å²) in [7, 11) is 0. The first-order valence-electron chi connectivity index (χ1n) is 8.50. The molecule has 0 atom stereocenters. The average molecular weight is 368 g/mol. The zero-order valence-corrected chi connectivity index (χ0v) is 14.6. The fraction of sp³-hybridized carbons (Fsp3) is 0.500. The van der Waals surface area contributed by atoms with Gasteiger partial charge in [-0.1, -0.05) is 24.7 Å². The zero-order chi connectivity index (χ0) is 17.8. The maximum Gasteiger partial charge on any atom is 0.416 e. The summed E-state index contributed by atoms with van der Waals surface area (Å²) < 4.78 is 45.5. The van der Waals surface area contributed by atoms with Crippen LogP contribution in [-0.2, 0) is 11.8 Å². The van der Waals surface area contributed by atoms with Gasteiger partial charge in [-0.2, -0.15) is 13.2 Å². The fourth-order valence-corrected chi connectivity index (χ4v) is 4.97. The van der Waals surface area contributed by atoms with Crippen LogP contribution in [0.5, 0.6) is 5.75 Å². The molecule has 7 heteroatoms. The zero-order valence-electron chi connectivity index (χ0n) is 13.8. The number of halogens is 3. The fourth-order valence-electron chi connectivity index (χ4n) is 3.94. The number of rotatable bonds is 1. The molecule has 0 saturated heterocycles. The average Bonchev–Trinajstić information content (AvgIpc) is 2.97. The molecule has 2 aliphatic rings. The number of hydrogen-bond acceptors (Lipinski definition) is 4. The van der Waals surface area contributed by atoms with E-state index in [1.54, 1.807) is 0 Å². The maximum atomic E-state index is 13.1. The van der Waals surface area contributed by atoms with E-state index in [4.69, 9.17) is 10.5 Å². The van der Waals surface area contributed by atoms with E-state index in [0.717, 1.165) is 49.1 Å². The molecule has 1 saturated carbocycles. The number of thiazole rings is 1. The van der Waals surface area contributed by atoms with Crippen LogP contribution in [0.2, 0.25) is 0 Å². The summed E-state index contributed by atoms with van der Waals surface area (Å²) in [5.41, 5.74) is 5.93. The van der Waals surface area contributed by atoms with Crippen LogP contribution >= 0.6 is 11.3 Å². The van der Waals surface area contributed by atoms with Crippen molar-refractivity contribution in [3.05, 3.63) is 28.6 Å². The maximum absolute atomic E-state index is 13.1. The van der Waals surface area contributed by atoms with Crippen LogP contribution in [0.3, 0.4) is 0 Å². The third-order valence-corrected chi connectivity index (χ3v) is 6.49. The molecule has 1 aliphatic heterocycles. The van der Waals surface area contributed by atoms with E-state index in [2.05, 4.69) is 11.9 Å². The number of nitrogens with two attached hydrogens (primary N) is 1. The summed E-state index contributed by atoms with van der Waals surface area (Å²) in [5, 5.41) is 0.429. The molecule has 2 aromatic rings. The van der Waals surface area contributed by atoms with Crippen LogP contribution in [0.15, 0.2) is 18.2 Å². The first-order chi connectivity index (χ1) is 11.8. The number of fused-ring (bicyclic) bond motifs is 4. The van der Waals surface area contributed by atoms with Gasteiger partial charge in [0.2, 0.25) is 0 Å². The SMILES string of the molecule is CCC1CCC2(CC1)Oc1cc(C(F)(F)F)ccc1-c1nc(N)sc12. The molecule has 0 unspecified atom stereocenters. The van der Waals surface area contributed by atoms with E-state index in [9.17, 15) is 13.2 Å². The highest BCUT2D eigenvalue weighted by molar-refractivity contribution is 7.16. The number of hydrogen-bond donors (Lipinski definition) is 1. The molecule has 3 nitrogen and oxygen atoms in total. The van der Waals surface area contributed by atoms with Gasteiger partial charge in [0.1, 0.15) is 11.4 Å². The molecule has 1 aromatic heterocycles. The number of ether oxygens (including phenoxy) is 1. The summed E-state index contributed by atoms with van der Waals surface area (Å²) in [6, 6.07) is 3.62. The van der Waals surface area contributed by atoms with E-state index >= 15 is 0 Å². The third kappa shape index (κ3) is 2.69. The van der Waals surface area contributed by atoms with Crippen LogP contribution in [0.1, 0.15) is 49.5 Å². The van der Waals surface area contributed by atoms with Gasteiger partial charge in [-0.25, -0.2) is 4.98 Å². The molecule has 1 fully saturated rings. The minimum absolute atomic E-state index is 0.266. The van der Waals surface area contributed by atoms with Gasteiger partial charge in [0.05, 0.1) is 16.1 Å². The molecule has 0 amide bonds. The summed E-state index contributed by atoms with van der Waals surface area (Å²) in [6.45, 7) is 2.17. The normalized spacial score (nSPS) is 25.4. The second-order valence-electron chi connectivity index (χ2n) is 6.89. The Bertz CT molecular complexity index is 807. The van der Waals surface area contributed by atoms with Gasteiger partial charge in [-0.05, 0) is 49.8 Å². The van der Waals surface area contributed by atoms with Gasteiger partial charge in [0, 0.05) is 5.56 Å². The lowest BCUT2D eigenvalue weighted by Crippen LogP contribution is -2.39. The van der Waals surface area contributed by atoms with E-state index in [1.807, 2.05) is 0 Å². The summed E-state index contributed by atoms with van der Waals surface area (Å²) >= 11 is 1.40. The number of aromatic nitrogens is 1. The van der Waals surface area contributed by atoms with Crippen molar-refractivity contribution in [3.63, 3.8) is 0 Å². The topological polar surface area (TPSA) is 48.1 Å². The van der Waals surface area contributed by atoms with Crippen molar-refractivity contribution >= 4 is 16.5 Å². The van der Waals surface area contributed by atoms with E-state index in [1.165, 1.54) is 17.4 Å². The predicted molar refractivity (Wildman–Crippen MR) is 91.5 cm³/mol. The Hall–Kier alpha value is -1.76. The molecule has 1 aliphatic carbocycles. The molecule has 2 heterocycles. The van der Waals surface area contributed by atoms with Gasteiger partial charge in [0.25, 0.3) is 0 Å². The lowest BCUT2D eigenvalue weighted by atomic mass is 9.75. The molecule has 0 radical (unpaired) electrons. The quantitative estimate of drug-likeness (QED) is 0.713. The molecule has 1 spiro atoms. The molecule has 4 rings (SSSR count). The molecular formula is C18H19F3N2OS. The molecule has 134 valence electrons. The van der Waals surface area contributed by atoms with Crippen LogP contribution in [-0.4, -0.2) is 4.98 Å². The highest BCUT2D eigenvalue weighted by Crippen LogP contribution is 2.55.